The molecule has 1 aromatic rings. The lowest BCUT2D eigenvalue weighted by atomic mass is 9.49. The molecule has 7 heteroatoms. The third-order valence-electron chi connectivity index (χ3n) is 6.88. The van der Waals surface area contributed by atoms with E-state index in [9.17, 15) is 9.59 Å². The van der Waals surface area contributed by atoms with Gasteiger partial charge in [0.15, 0.2) is 11.5 Å². The molecule has 1 heterocycles. The predicted molar refractivity (Wildman–Crippen MR) is 103 cm³/mol. The van der Waals surface area contributed by atoms with Crippen LogP contribution in [0.25, 0.3) is 0 Å². The summed E-state index contributed by atoms with van der Waals surface area (Å²) in [6.45, 7) is 0.842. The number of nitrogens with one attached hydrogen (secondary N) is 2. The van der Waals surface area contributed by atoms with Crippen molar-refractivity contribution in [3.05, 3.63) is 22.7 Å². The highest BCUT2D eigenvalue weighted by Crippen LogP contribution is 2.61. The Balaban J connectivity index is 1.20. The molecule has 4 saturated carbocycles. The molecule has 6 nitrogen and oxygen atoms in total. The van der Waals surface area contributed by atoms with Gasteiger partial charge in [-0.15, -0.1) is 0 Å². The molecule has 4 aliphatic carbocycles. The van der Waals surface area contributed by atoms with Crippen molar-refractivity contribution in [2.75, 3.05) is 13.2 Å². The van der Waals surface area contributed by atoms with Crippen LogP contribution in [0.15, 0.2) is 12.1 Å². The summed E-state index contributed by atoms with van der Waals surface area (Å²) in [6.07, 6.45) is 8.04. The van der Waals surface area contributed by atoms with Crippen LogP contribution in [0.3, 0.4) is 0 Å². The summed E-state index contributed by atoms with van der Waals surface area (Å²) in [5, 5.41) is 0.322. The Labute approximate surface area is 169 Å². The van der Waals surface area contributed by atoms with Gasteiger partial charge in [-0.1, -0.05) is 11.6 Å². The summed E-state index contributed by atoms with van der Waals surface area (Å²) in [6, 6.07) is 3.11. The summed E-state index contributed by atoms with van der Waals surface area (Å²) in [5.41, 5.74) is 5.59. The zero-order valence-electron chi connectivity index (χ0n) is 15.8. The number of hydrogen-bond acceptors (Lipinski definition) is 4. The number of carbonyl (C=O) groups is 2. The lowest BCUT2D eigenvalue weighted by Gasteiger charge is -2.56. The van der Waals surface area contributed by atoms with Crippen LogP contribution in [0.2, 0.25) is 5.02 Å². The molecule has 4 fully saturated rings. The van der Waals surface area contributed by atoms with E-state index < -0.39 is 5.91 Å². The second-order valence-electron chi connectivity index (χ2n) is 9.08. The van der Waals surface area contributed by atoms with Gasteiger partial charge >= 0.3 is 0 Å². The van der Waals surface area contributed by atoms with Gasteiger partial charge in [-0.2, -0.15) is 0 Å². The number of benzene rings is 1. The zero-order chi connectivity index (χ0) is 19.3. The molecular formula is C21H25ClN2O4. The second kappa shape index (κ2) is 6.83. The molecule has 0 aromatic heterocycles. The van der Waals surface area contributed by atoms with Crippen molar-refractivity contribution in [2.45, 2.75) is 44.9 Å². The van der Waals surface area contributed by atoms with E-state index in [1.807, 2.05) is 0 Å². The van der Waals surface area contributed by atoms with Crippen molar-refractivity contribution in [1.29, 1.82) is 0 Å². The summed E-state index contributed by atoms with van der Waals surface area (Å²) in [5.74, 6) is 2.77. The topological polar surface area (TPSA) is 76.7 Å². The predicted octanol–water partition coefficient (Wildman–Crippen LogP) is 3.48. The molecule has 2 amide bonds. The maximum absolute atomic E-state index is 12.6. The first-order valence-electron chi connectivity index (χ1n) is 10.2. The van der Waals surface area contributed by atoms with Crippen molar-refractivity contribution in [3.63, 3.8) is 0 Å². The number of amides is 2. The molecular weight excluding hydrogens is 380 g/mol. The van der Waals surface area contributed by atoms with Gasteiger partial charge in [-0.3, -0.25) is 20.4 Å². The Bertz CT molecular complexity index is 790. The van der Waals surface area contributed by atoms with Crippen LogP contribution in [0, 0.1) is 23.2 Å². The van der Waals surface area contributed by atoms with E-state index >= 15 is 0 Å². The molecule has 150 valence electrons. The van der Waals surface area contributed by atoms with E-state index in [1.165, 1.54) is 44.6 Å². The first-order valence-corrected chi connectivity index (χ1v) is 10.6. The first-order chi connectivity index (χ1) is 13.5. The van der Waals surface area contributed by atoms with Gasteiger partial charge in [0.05, 0.1) is 5.02 Å². The Kier molecular flexibility index (Phi) is 4.42. The maximum atomic E-state index is 12.6. The molecule has 0 atom stereocenters. The summed E-state index contributed by atoms with van der Waals surface area (Å²) >= 11 is 6.19. The van der Waals surface area contributed by atoms with Gasteiger partial charge < -0.3 is 9.47 Å². The van der Waals surface area contributed by atoms with Crippen molar-refractivity contribution in [2.24, 2.45) is 23.2 Å². The molecule has 0 saturated heterocycles. The van der Waals surface area contributed by atoms with Gasteiger partial charge in [-0.25, -0.2) is 0 Å². The van der Waals surface area contributed by atoms with Gasteiger partial charge in [0.2, 0.25) is 5.91 Å². The molecule has 0 spiro atoms. The number of ether oxygens (including phenoxy) is 2. The van der Waals surface area contributed by atoms with Crippen LogP contribution in [-0.2, 0) is 4.79 Å². The van der Waals surface area contributed by atoms with Gasteiger partial charge in [0.1, 0.15) is 13.2 Å². The summed E-state index contributed by atoms with van der Waals surface area (Å²) < 4.78 is 11.0. The lowest BCUT2D eigenvalue weighted by molar-refractivity contribution is -0.130. The molecule has 1 aromatic carbocycles. The lowest BCUT2D eigenvalue weighted by Crippen LogP contribution is -2.50. The van der Waals surface area contributed by atoms with E-state index in [0.29, 0.717) is 41.7 Å². The maximum Gasteiger partial charge on any atom is 0.269 e. The highest BCUT2D eigenvalue weighted by atomic mass is 35.5. The molecule has 28 heavy (non-hydrogen) atoms. The molecule has 1 aliphatic heterocycles. The van der Waals surface area contributed by atoms with E-state index in [4.69, 9.17) is 21.1 Å². The SMILES string of the molecule is O=C(CC12CC3CC(CC(C3)C1)C2)NNC(=O)c1cc(Cl)c2c(c1)OCCO2. The van der Waals surface area contributed by atoms with Crippen molar-refractivity contribution >= 4 is 23.4 Å². The summed E-state index contributed by atoms with van der Waals surface area (Å²) in [7, 11) is 0. The van der Waals surface area contributed by atoms with Gasteiger partial charge in [0, 0.05) is 12.0 Å². The number of fused-ring (bicyclic) bond motifs is 1. The quantitative estimate of drug-likeness (QED) is 0.756. The van der Waals surface area contributed by atoms with E-state index in [-0.39, 0.29) is 11.3 Å². The number of hydrogen-bond donors (Lipinski definition) is 2. The minimum absolute atomic E-state index is 0.112. The minimum atomic E-state index is -0.419. The number of hydrazine groups is 1. The molecule has 0 radical (unpaired) electrons. The van der Waals surface area contributed by atoms with Crippen LogP contribution < -0.4 is 20.3 Å². The smallest absolute Gasteiger partial charge is 0.269 e. The van der Waals surface area contributed by atoms with Gasteiger partial charge in [-0.05, 0) is 73.8 Å². The highest BCUT2D eigenvalue weighted by molar-refractivity contribution is 6.32. The molecule has 5 aliphatic rings. The molecule has 4 bridgehead atoms. The largest absolute Gasteiger partial charge is 0.486 e. The van der Waals surface area contributed by atoms with E-state index in [2.05, 4.69) is 10.9 Å². The Morgan fingerprint density at radius 3 is 2.32 bits per heavy atom. The summed E-state index contributed by atoms with van der Waals surface area (Å²) in [4.78, 5) is 25.0. The zero-order valence-corrected chi connectivity index (χ0v) is 16.5. The molecule has 2 N–H and O–H groups in total. The van der Waals surface area contributed by atoms with Crippen LogP contribution in [-0.4, -0.2) is 25.0 Å². The van der Waals surface area contributed by atoms with Crippen LogP contribution >= 0.6 is 11.6 Å². The number of halogens is 1. The Morgan fingerprint density at radius 1 is 1.00 bits per heavy atom. The van der Waals surface area contributed by atoms with Crippen molar-refractivity contribution in [1.82, 2.24) is 10.9 Å². The Hall–Kier alpha value is -1.95. The fraction of sp³-hybridized carbons (Fsp3) is 0.619. The highest BCUT2D eigenvalue weighted by Gasteiger charge is 2.51. The molecule has 0 unspecified atom stereocenters. The third kappa shape index (κ3) is 3.32. The number of rotatable bonds is 3. The van der Waals surface area contributed by atoms with E-state index in [0.717, 1.165) is 17.8 Å². The third-order valence-corrected chi connectivity index (χ3v) is 7.16. The van der Waals surface area contributed by atoms with Crippen LogP contribution in [0.4, 0.5) is 0 Å². The normalized spacial score (nSPS) is 32.1. The van der Waals surface area contributed by atoms with E-state index in [1.54, 1.807) is 6.07 Å². The molecule has 6 rings (SSSR count). The fourth-order valence-electron chi connectivity index (χ4n) is 6.33. The van der Waals surface area contributed by atoms with Crippen LogP contribution in [0.5, 0.6) is 11.5 Å². The minimum Gasteiger partial charge on any atom is -0.486 e. The van der Waals surface area contributed by atoms with Crippen molar-refractivity contribution in [3.8, 4) is 11.5 Å². The van der Waals surface area contributed by atoms with Gasteiger partial charge in [0.25, 0.3) is 5.91 Å². The standard InChI is InChI=1S/C21H25ClN2O4/c22-16-6-15(7-17-19(16)28-2-1-27-17)20(26)24-23-18(25)11-21-8-12-3-13(9-21)5-14(4-12)10-21/h6-7,12-14H,1-5,8-11H2,(H,23,25)(H,24,26). The first kappa shape index (κ1) is 18.1. The fourth-order valence-corrected chi connectivity index (χ4v) is 6.60. The number of carbonyl (C=O) groups excluding carboxylic acids is 2. The monoisotopic (exact) mass is 404 g/mol. The van der Waals surface area contributed by atoms with Crippen LogP contribution in [0.1, 0.15) is 55.3 Å². The Morgan fingerprint density at radius 2 is 1.64 bits per heavy atom. The average Bonchev–Trinajstić information content (AvgIpc) is 2.64. The second-order valence-corrected chi connectivity index (χ2v) is 9.49. The average molecular weight is 405 g/mol. The van der Waals surface area contributed by atoms with Crippen molar-refractivity contribution < 1.29 is 19.1 Å².